The molecule has 0 bridgehead atoms. The number of carbonyl (C=O) groups is 1. The van der Waals surface area contributed by atoms with Gasteiger partial charge >= 0.3 is 5.97 Å². The summed E-state index contributed by atoms with van der Waals surface area (Å²) in [7, 11) is 5.02. The molecule has 3 heterocycles. The number of unbranched alkanes of at least 4 members (excludes halogenated alkanes) is 13. The first-order valence-corrected chi connectivity index (χ1v) is 21.5. The summed E-state index contributed by atoms with van der Waals surface area (Å²) in [5, 5.41) is 0. The highest BCUT2D eigenvalue weighted by molar-refractivity contribution is 5.90. The fourth-order valence-corrected chi connectivity index (χ4v) is 8.25. The fraction of sp³-hybridized carbons (Fsp3) is 0.930. The summed E-state index contributed by atoms with van der Waals surface area (Å²) in [5.41, 5.74) is 0.861. The Labute approximate surface area is 323 Å². The predicted molar refractivity (Wildman–Crippen MR) is 208 cm³/mol. The number of ether oxygens (including phenoxy) is 9. The van der Waals surface area contributed by atoms with Crippen LogP contribution >= 0.6 is 0 Å². The summed E-state index contributed by atoms with van der Waals surface area (Å²) in [6.45, 7) is 4.96. The number of methoxy groups -OCH3 is 3. The van der Waals surface area contributed by atoms with Gasteiger partial charge in [-0.25, -0.2) is 4.79 Å². The monoisotopic (exact) mass is 755 g/mol. The molecule has 0 radical (unpaired) electrons. The molecule has 2 fully saturated rings. The van der Waals surface area contributed by atoms with Gasteiger partial charge in [-0.05, 0) is 77.2 Å². The summed E-state index contributed by atoms with van der Waals surface area (Å²) in [5.74, 6) is -0.125. The lowest BCUT2D eigenvalue weighted by Gasteiger charge is -2.29. The van der Waals surface area contributed by atoms with E-state index in [2.05, 4.69) is 6.92 Å². The summed E-state index contributed by atoms with van der Waals surface area (Å²) >= 11 is 0. The van der Waals surface area contributed by atoms with Crippen LogP contribution in [0, 0.1) is 0 Å². The second kappa shape index (κ2) is 29.2. The second-order valence-corrected chi connectivity index (χ2v) is 15.7. The van der Waals surface area contributed by atoms with E-state index in [0.29, 0.717) is 6.10 Å². The standard InChI is InChI=1S/C43H78O10/c1-6-7-8-9-10-14-17-20-23-37(48-31-45-3)41-28-29-42(53-41)39(50-33-47-5)27-26-38(49-32-46-4)40-25-24-36(52-40)22-19-16-13-11-12-15-18-21-35-30-34(2)51-43(35)44/h30,34,36-42H,6-29,31-33H2,1-5H3/t34-,36+,37-,38-,39+,40-,41+,42+/m0/s1. The average molecular weight is 755 g/mol. The molecule has 10 heteroatoms. The van der Waals surface area contributed by atoms with Crippen molar-refractivity contribution in [1.29, 1.82) is 0 Å². The number of rotatable bonds is 34. The maximum atomic E-state index is 11.8. The van der Waals surface area contributed by atoms with Gasteiger partial charge in [0, 0.05) is 26.9 Å². The first-order chi connectivity index (χ1) is 26.0. The molecule has 0 N–H and O–H groups in total. The number of hydrogen-bond donors (Lipinski definition) is 0. The summed E-state index contributed by atoms with van der Waals surface area (Å²) in [6.07, 6.45) is 29.4. The van der Waals surface area contributed by atoms with Gasteiger partial charge in [0.1, 0.15) is 26.5 Å². The van der Waals surface area contributed by atoms with Gasteiger partial charge in [-0.1, -0.05) is 96.8 Å². The van der Waals surface area contributed by atoms with Crippen molar-refractivity contribution in [2.24, 2.45) is 0 Å². The highest BCUT2D eigenvalue weighted by Crippen LogP contribution is 2.33. The van der Waals surface area contributed by atoms with E-state index in [9.17, 15) is 4.79 Å². The van der Waals surface area contributed by atoms with Crippen molar-refractivity contribution in [3.05, 3.63) is 11.6 Å². The van der Waals surface area contributed by atoms with E-state index in [1.165, 1.54) is 83.5 Å². The zero-order valence-electron chi connectivity index (χ0n) is 34.4. The lowest BCUT2D eigenvalue weighted by Crippen LogP contribution is -2.36. The van der Waals surface area contributed by atoms with E-state index >= 15 is 0 Å². The zero-order chi connectivity index (χ0) is 37.9. The molecule has 310 valence electrons. The minimum Gasteiger partial charge on any atom is -0.455 e. The molecule has 53 heavy (non-hydrogen) atoms. The average Bonchev–Trinajstić information content (AvgIpc) is 3.91. The van der Waals surface area contributed by atoms with Crippen molar-refractivity contribution in [2.45, 2.75) is 217 Å². The van der Waals surface area contributed by atoms with Gasteiger partial charge in [-0.15, -0.1) is 0 Å². The summed E-state index contributed by atoms with van der Waals surface area (Å²) in [4.78, 5) is 11.8. The lowest BCUT2D eigenvalue weighted by atomic mass is 9.98. The van der Waals surface area contributed by atoms with E-state index in [1.54, 1.807) is 21.3 Å². The molecule has 0 unspecified atom stereocenters. The Balaban J connectivity index is 1.37. The van der Waals surface area contributed by atoms with Crippen LogP contribution in [0.3, 0.4) is 0 Å². The Morgan fingerprint density at radius 2 is 1.08 bits per heavy atom. The quantitative estimate of drug-likeness (QED) is 0.0359. The van der Waals surface area contributed by atoms with Crippen LogP contribution in [0.5, 0.6) is 0 Å². The molecule has 0 saturated carbocycles. The Kier molecular flexibility index (Phi) is 25.5. The summed E-state index contributed by atoms with van der Waals surface area (Å²) < 4.78 is 53.1. The maximum absolute atomic E-state index is 11.8. The molecule has 10 nitrogen and oxygen atoms in total. The van der Waals surface area contributed by atoms with E-state index < -0.39 is 0 Å². The van der Waals surface area contributed by atoms with E-state index in [1.807, 2.05) is 13.0 Å². The lowest BCUT2D eigenvalue weighted by molar-refractivity contribution is -0.165. The maximum Gasteiger partial charge on any atom is 0.334 e. The number of esters is 1. The molecule has 0 aromatic rings. The van der Waals surface area contributed by atoms with Gasteiger partial charge in [0.15, 0.2) is 0 Å². The van der Waals surface area contributed by atoms with Crippen molar-refractivity contribution in [3.63, 3.8) is 0 Å². The summed E-state index contributed by atoms with van der Waals surface area (Å²) in [6, 6.07) is 0. The topological polar surface area (TPSA) is 100 Å². The molecule has 0 aromatic heterocycles. The molecule has 0 amide bonds. The molecule has 3 rings (SSSR count). The molecular weight excluding hydrogens is 676 g/mol. The zero-order valence-corrected chi connectivity index (χ0v) is 34.4. The Bertz CT molecular complexity index is 946. The Hall–Kier alpha value is -1.11. The highest BCUT2D eigenvalue weighted by Gasteiger charge is 2.38. The van der Waals surface area contributed by atoms with Crippen molar-refractivity contribution < 1.29 is 47.4 Å². The minimum atomic E-state index is -0.125. The van der Waals surface area contributed by atoms with Crippen LogP contribution in [-0.4, -0.2) is 96.5 Å². The third kappa shape index (κ3) is 19.1. The fourth-order valence-electron chi connectivity index (χ4n) is 8.25. The smallest absolute Gasteiger partial charge is 0.334 e. The Morgan fingerprint density at radius 1 is 0.604 bits per heavy atom. The third-order valence-corrected chi connectivity index (χ3v) is 11.2. The molecule has 2 saturated heterocycles. The predicted octanol–water partition coefficient (Wildman–Crippen LogP) is 9.74. The molecule has 0 aliphatic carbocycles. The van der Waals surface area contributed by atoms with Gasteiger partial charge in [0.05, 0.1) is 42.7 Å². The van der Waals surface area contributed by atoms with E-state index in [4.69, 9.17) is 42.6 Å². The molecule has 0 aromatic carbocycles. The normalized spacial score (nSPS) is 24.8. The van der Waals surface area contributed by atoms with Gasteiger partial charge in [-0.2, -0.15) is 0 Å². The number of cyclic esters (lactones) is 1. The second-order valence-electron chi connectivity index (χ2n) is 15.7. The van der Waals surface area contributed by atoms with Gasteiger partial charge in [-0.3, -0.25) is 0 Å². The third-order valence-electron chi connectivity index (χ3n) is 11.2. The largest absolute Gasteiger partial charge is 0.455 e. The van der Waals surface area contributed by atoms with Crippen LogP contribution in [0.2, 0.25) is 0 Å². The van der Waals surface area contributed by atoms with Gasteiger partial charge in [0.2, 0.25) is 0 Å². The van der Waals surface area contributed by atoms with E-state index in [-0.39, 0.29) is 69.1 Å². The van der Waals surface area contributed by atoms with Crippen molar-refractivity contribution in [2.75, 3.05) is 41.7 Å². The minimum absolute atomic E-state index is 0.0185. The van der Waals surface area contributed by atoms with Crippen LogP contribution < -0.4 is 0 Å². The van der Waals surface area contributed by atoms with Crippen LogP contribution in [0.25, 0.3) is 0 Å². The van der Waals surface area contributed by atoms with Crippen molar-refractivity contribution in [1.82, 2.24) is 0 Å². The van der Waals surface area contributed by atoms with Crippen molar-refractivity contribution >= 4 is 5.97 Å². The first-order valence-electron chi connectivity index (χ1n) is 21.5. The molecular formula is C43H78O10. The van der Waals surface area contributed by atoms with Gasteiger partial charge < -0.3 is 42.6 Å². The highest BCUT2D eigenvalue weighted by atomic mass is 16.7. The van der Waals surface area contributed by atoms with Crippen molar-refractivity contribution in [3.8, 4) is 0 Å². The molecule has 8 atom stereocenters. The van der Waals surface area contributed by atoms with Gasteiger partial charge in [0.25, 0.3) is 0 Å². The van der Waals surface area contributed by atoms with Crippen LogP contribution in [0.15, 0.2) is 11.6 Å². The Morgan fingerprint density at radius 3 is 1.60 bits per heavy atom. The first kappa shape index (κ1) is 46.3. The SMILES string of the molecule is CCCCCCCCCC[C@H](OCOC)[C@H]1CC[C@H]([C@@H](CC[C@H](OCOC)[C@@H]2CC[C@@H](CCCCCCCCCC3=C[C@H](C)OC3=O)O2)OCOC)O1. The van der Waals surface area contributed by atoms with Crippen LogP contribution in [-0.2, 0) is 47.4 Å². The molecule has 0 spiro atoms. The number of carbonyl (C=O) groups excluding carboxylic acids is 1. The molecule has 3 aliphatic heterocycles. The van der Waals surface area contributed by atoms with Crippen LogP contribution in [0.1, 0.15) is 168 Å². The van der Waals surface area contributed by atoms with Crippen LogP contribution in [0.4, 0.5) is 0 Å². The molecule has 3 aliphatic rings. The number of hydrogen-bond acceptors (Lipinski definition) is 10. The van der Waals surface area contributed by atoms with E-state index in [0.717, 1.165) is 76.2 Å².